The minimum Gasteiger partial charge on any atom is -0.444 e. The topological polar surface area (TPSA) is 72.4 Å². The molecule has 4 rings (SSSR count). The van der Waals surface area contributed by atoms with E-state index in [9.17, 15) is 9.59 Å². The van der Waals surface area contributed by atoms with Crippen LogP contribution in [0.1, 0.15) is 52.7 Å². The van der Waals surface area contributed by atoms with Gasteiger partial charge in [0.25, 0.3) is 5.91 Å². The number of fused-ring (bicyclic) bond motifs is 1. The highest BCUT2D eigenvalue weighted by molar-refractivity contribution is 5.95. The van der Waals surface area contributed by atoms with Gasteiger partial charge in [-0.1, -0.05) is 30.3 Å². The summed E-state index contributed by atoms with van der Waals surface area (Å²) in [6.45, 7) is 5.18. The summed E-state index contributed by atoms with van der Waals surface area (Å²) in [5.41, 5.74) is 4.05. The molecule has 2 aromatic carbocycles. The molecule has 0 unspecified atom stereocenters. The number of hydrogen-bond acceptors (Lipinski definition) is 5. The van der Waals surface area contributed by atoms with Gasteiger partial charge in [-0.3, -0.25) is 4.79 Å². The molecule has 1 aliphatic heterocycles. The number of esters is 1. The van der Waals surface area contributed by atoms with Gasteiger partial charge in [0, 0.05) is 18.7 Å². The smallest absolute Gasteiger partial charge is 0.339 e. The van der Waals surface area contributed by atoms with Crippen LogP contribution in [0.2, 0.25) is 0 Å². The Morgan fingerprint density at radius 1 is 0.900 bits per heavy atom. The summed E-state index contributed by atoms with van der Waals surface area (Å²) in [5.74, 6) is -0.711. The molecule has 0 radical (unpaired) electrons. The molecular formula is C24H25N3O3. The number of rotatable bonds is 4. The molecule has 1 fully saturated rings. The molecule has 0 spiro atoms. The number of ether oxygens (including phenoxy) is 1. The molecule has 2 heterocycles. The highest BCUT2D eigenvalue weighted by Crippen LogP contribution is 2.25. The highest BCUT2D eigenvalue weighted by Gasteiger charge is 2.30. The van der Waals surface area contributed by atoms with Crippen molar-refractivity contribution in [3.05, 3.63) is 71.0 Å². The van der Waals surface area contributed by atoms with Crippen LogP contribution in [-0.4, -0.2) is 39.8 Å². The molecule has 30 heavy (non-hydrogen) atoms. The molecule has 1 saturated heterocycles. The highest BCUT2D eigenvalue weighted by atomic mass is 16.5. The summed E-state index contributed by atoms with van der Waals surface area (Å²) in [6.07, 6.45) is 2.11. The summed E-state index contributed by atoms with van der Waals surface area (Å²) < 4.78 is 5.76. The van der Waals surface area contributed by atoms with Crippen molar-refractivity contribution in [1.82, 2.24) is 14.9 Å². The quantitative estimate of drug-likeness (QED) is 0.612. The molecule has 0 bridgehead atoms. The largest absolute Gasteiger partial charge is 0.444 e. The molecule has 1 atom stereocenters. The number of carbonyl (C=O) groups excluding carboxylic acids is 2. The lowest BCUT2D eigenvalue weighted by Gasteiger charge is -2.30. The molecule has 0 aliphatic carbocycles. The third-order valence-electron chi connectivity index (χ3n) is 5.53. The molecule has 1 amide bonds. The summed E-state index contributed by atoms with van der Waals surface area (Å²) in [5, 5.41) is 0. The van der Waals surface area contributed by atoms with Crippen LogP contribution in [-0.2, 0) is 9.53 Å². The fourth-order valence-corrected chi connectivity index (χ4v) is 3.70. The van der Waals surface area contributed by atoms with E-state index in [0.29, 0.717) is 29.7 Å². The van der Waals surface area contributed by atoms with Crippen LogP contribution >= 0.6 is 0 Å². The van der Waals surface area contributed by atoms with E-state index >= 15 is 0 Å². The Labute approximate surface area is 175 Å². The van der Waals surface area contributed by atoms with Gasteiger partial charge in [-0.25, -0.2) is 14.8 Å². The van der Waals surface area contributed by atoms with Crippen LogP contribution in [0, 0.1) is 13.8 Å². The molecule has 6 nitrogen and oxygen atoms in total. The van der Waals surface area contributed by atoms with Gasteiger partial charge in [-0.05, 0) is 51.3 Å². The first-order chi connectivity index (χ1) is 14.5. The zero-order valence-electron chi connectivity index (χ0n) is 17.3. The third kappa shape index (κ3) is 4.17. The maximum absolute atomic E-state index is 13.2. The Morgan fingerprint density at radius 2 is 1.57 bits per heavy atom. The summed E-state index contributed by atoms with van der Waals surface area (Å²) in [6, 6.07) is 14.3. The van der Waals surface area contributed by atoms with Crippen molar-refractivity contribution in [3.63, 3.8) is 0 Å². The monoisotopic (exact) mass is 403 g/mol. The number of nitrogens with zero attached hydrogens (tertiary/aromatic N) is 3. The summed E-state index contributed by atoms with van der Waals surface area (Å²) in [7, 11) is 0. The molecule has 1 aromatic heterocycles. The normalized spacial score (nSPS) is 15.1. The summed E-state index contributed by atoms with van der Waals surface area (Å²) >= 11 is 0. The van der Waals surface area contributed by atoms with Crippen LogP contribution in [0.4, 0.5) is 0 Å². The molecule has 3 aromatic rings. The maximum atomic E-state index is 13.2. The number of hydrogen-bond donors (Lipinski definition) is 0. The van der Waals surface area contributed by atoms with Gasteiger partial charge >= 0.3 is 5.97 Å². The van der Waals surface area contributed by atoms with Crippen molar-refractivity contribution in [2.45, 2.75) is 39.2 Å². The number of benzene rings is 2. The van der Waals surface area contributed by atoms with Gasteiger partial charge in [0.15, 0.2) is 0 Å². The second kappa shape index (κ2) is 8.61. The van der Waals surface area contributed by atoms with Gasteiger partial charge in [-0.15, -0.1) is 0 Å². The van der Waals surface area contributed by atoms with E-state index in [1.165, 1.54) is 0 Å². The molecule has 6 heteroatoms. The second-order valence-corrected chi connectivity index (χ2v) is 7.68. The van der Waals surface area contributed by atoms with Gasteiger partial charge in [0.1, 0.15) is 0 Å². The van der Waals surface area contributed by atoms with Crippen molar-refractivity contribution in [2.75, 3.05) is 13.1 Å². The van der Waals surface area contributed by atoms with Crippen LogP contribution in [0.3, 0.4) is 0 Å². The Morgan fingerprint density at radius 3 is 2.27 bits per heavy atom. The molecule has 0 saturated carbocycles. The van der Waals surface area contributed by atoms with Crippen molar-refractivity contribution >= 4 is 22.9 Å². The zero-order valence-corrected chi connectivity index (χ0v) is 17.3. The van der Waals surface area contributed by atoms with E-state index in [-0.39, 0.29) is 5.91 Å². The van der Waals surface area contributed by atoms with Crippen LogP contribution < -0.4 is 0 Å². The van der Waals surface area contributed by atoms with Gasteiger partial charge in [-0.2, -0.15) is 0 Å². The Balaban J connectivity index is 1.62. The minimum atomic E-state index is -0.960. The van der Waals surface area contributed by atoms with Crippen LogP contribution in [0.15, 0.2) is 48.5 Å². The third-order valence-corrected chi connectivity index (χ3v) is 5.53. The first kappa shape index (κ1) is 20.0. The van der Waals surface area contributed by atoms with E-state index in [2.05, 4.69) is 9.97 Å². The van der Waals surface area contributed by atoms with Crippen molar-refractivity contribution in [1.29, 1.82) is 0 Å². The number of piperidine rings is 1. The SMILES string of the molecule is Cc1nc2ccc(C(=O)O[C@@H](C(=O)N3CCCCC3)c3ccccc3)cc2nc1C. The predicted molar refractivity (Wildman–Crippen MR) is 114 cm³/mol. The molecular weight excluding hydrogens is 378 g/mol. The average molecular weight is 403 g/mol. The van der Waals surface area contributed by atoms with Crippen molar-refractivity contribution in [3.8, 4) is 0 Å². The molecule has 0 N–H and O–H groups in total. The van der Waals surface area contributed by atoms with Gasteiger partial charge in [0.05, 0.1) is 28.0 Å². The van der Waals surface area contributed by atoms with E-state index in [0.717, 1.165) is 36.2 Å². The predicted octanol–water partition coefficient (Wildman–Crippen LogP) is 4.16. The van der Waals surface area contributed by atoms with Crippen LogP contribution in [0.5, 0.6) is 0 Å². The second-order valence-electron chi connectivity index (χ2n) is 7.68. The maximum Gasteiger partial charge on any atom is 0.339 e. The lowest BCUT2D eigenvalue weighted by molar-refractivity contribution is -0.142. The van der Waals surface area contributed by atoms with E-state index < -0.39 is 12.1 Å². The number of carbonyl (C=O) groups is 2. The standard InChI is InChI=1S/C24H25N3O3/c1-16-17(2)26-21-15-19(11-12-20(21)25-16)24(29)30-22(18-9-5-3-6-10-18)23(28)27-13-7-4-8-14-27/h3,5-6,9-12,15,22H,4,7-8,13-14H2,1-2H3/t22-/m1/s1. The molecule has 154 valence electrons. The van der Waals surface area contributed by atoms with Crippen molar-refractivity contribution in [2.24, 2.45) is 0 Å². The number of aryl methyl sites for hydroxylation is 2. The van der Waals surface area contributed by atoms with Gasteiger partial charge in [0.2, 0.25) is 6.10 Å². The zero-order chi connectivity index (χ0) is 21.1. The Bertz CT molecular complexity index is 1080. The fourth-order valence-electron chi connectivity index (χ4n) is 3.70. The first-order valence-corrected chi connectivity index (χ1v) is 10.3. The fraction of sp³-hybridized carbons (Fsp3) is 0.333. The average Bonchev–Trinajstić information content (AvgIpc) is 2.78. The lowest BCUT2D eigenvalue weighted by Crippen LogP contribution is -2.40. The number of likely N-dealkylation sites (tertiary alicyclic amines) is 1. The van der Waals surface area contributed by atoms with E-state index in [1.807, 2.05) is 44.2 Å². The lowest BCUT2D eigenvalue weighted by atomic mass is 10.1. The summed E-state index contributed by atoms with van der Waals surface area (Å²) in [4.78, 5) is 37.0. The number of amides is 1. The Hall–Kier alpha value is -3.28. The Kier molecular flexibility index (Phi) is 5.74. The first-order valence-electron chi connectivity index (χ1n) is 10.3. The number of aromatic nitrogens is 2. The molecule has 1 aliphatic rings. The van der Waals surface area contributed by atoms with E-state index in [1.54, 1.807) is 23.1 Å². The van der Waals surface area contributed by atoms with Gasteiger partial charge < -0.3 is 9.64 Å². The van der Waals surface area contributed by atoms with Crippen LogP contribution in [0.25, 0.3) is 11.0 Å². The van der Waals surface area contributed by atoms with Crippen molar-refractivity contribution < 1.29 is 14.3 Å². The minimum absolute atomic E-state index is 0.165. The van der Waals surface area contributed by atoms with E-state index in [4.69, 9.17) is 4.74 Å².